The van der Waals surface area contributed by atoms with Crippen LogP contribution in [-0.4, -0.2) is 38.0 Å². The largest absolute Gasteiger partial charge is 0.335 e. The van der Waals surface area contributed by atoms with E-state index in [0.717, 1.165) is 37.1 Å². The third-order valence-electron chi connectivity index (χ3n) is 4.89. The summed E-state index contributed by atoms with van der Waals surface area (Å²) in [5.74, 6) is 0.540. The fraction of sp³-hybridized carbons (Fsp3) is 0.500. The van der Waals surface area contributed by atoms with Gasteiger partial charge in [0.2, 0.25) is 5.91 Å². The number of nitrogens with zero attached hydrogens (tertiary/aromatic N) is 3. The van der Waals surface area contributed by atoms with Crippen LogP contribution in [0.3, 0.4) is 0 Å². The van der Waals surface area contributed by atoms with Crippen LogP contribution in [0.2, 0.25) is 0 Å². The lowest BCUT2D eigenvalue weighted by Gasteiger charge is -2.15. The Morgan fingerprint density at radius 1 is 1.21 bits per heavy atom. The second kappa shape index (κ2) is 9.73. The number of hydrogen-bond acceptors (Lipinski definition) is 5. The van der Waals surface area contributed by atoms with Gasteiger partial charge in [-0.25, -0.2) is 4.79 Å². The van der Waals surface area contributed by atoms with Gasteiger partial charge < -0.3 is 9.88 Å². The second-order valence-corrected chi connectivity index (χ2v) is 8.32. The molecule has 2 N–H and O–H groups in total. The monoisotopic (exact) mass is 401 g/mol. The molecule has 2 aromatic rings. The van der Waals surface area contributed by atoms with Crippen LogP contribution in [0.4, 0.5) is 4.79 Å². The molecule has 1 aliphatic rings. The van der Waals surface area contributed by atoms with E-state index in [0.29, 0.717) is 18.1 Å². The molecule has 0 unspecified atom stereocenters. The van der Waals surface area contributed by atoms with Gasteiger partial charge in [-0.05, 0) is 32.3 Å². The molecule has 0 radical (unpaired) electrons. The zero-order valence-corrected chi connectivity index (χ0v) is 17.2. The maximum atomic E-state index is 12.4. The second-order valence-electron chi connectivity index (χ2n) is 7.01. The topological polar surface area (TPSA) is 88.9 Å². The van der Waals surface area contributed by atoms with Crippen LogP contribution in [-0.2, 0) is 17.8 Å². The Morgan fingerprint density at radius 2 is 1.93 bits per heavy atom. The molecule has 0 aliphatic heterocycles. The summed E-state index contributed by atoms with van der Waals surface area (Å²) in [6.07, 6.45) is 4.91. The fourth-order valence-electron chi connectivity index (χ4n) is 3.35. The van der Waals surface area contributed by atoms with Gasteiger partial charge in [-0.15, -0.1) is 10.2 Å². The lowest BCUT2D eigenvalue weighted by Crippen LogP contribution is -2.45. The molecule has 1 atom stereocenters. The van der Waals surface area contributed by atoms with Crippen LogP contribution in [0.15, 0.2) is 35.5 Å². The van der Waals surface area contributed by atoms with Crippen LogP contribution >= 0.6 is 11.8 Å². The number of imide groups is 1. The molecular formula is C20H27N5O2S. The number of nitrogens with one attached hydrogen (secondary N) is 2. The number of hydrogen-bond donors (Lipinski definition) is 2. The summed E-state index contributed by atoms with van der Waals surface area (Å²) in [6, 6.07) is 9.87. The maximum absolute atomic E-state index is 12.4. The van der Waals surface area contributed by atoms with Gasteiger partial charge in [-0.3, -0.25) is 10.1 Å². The first kappa shape index (κ1) is 20.4. The zero-order valence-electron chi connectivity index (χ0n) is 16.4. The van der Waals surface area contributed by atoms with Crippen molar-refractivity contribution in [1.29, 1.82) is 0 Å². The smallest absolute Gasteiger partial charge is 0.321 e. The van der Waals surface area contributed by atoms with Crippen molar-refractivity contribution < 1.29 is 9.59 Å². The maximum Gasteiger partial charge on any atom is 0.321 e. The van der Waals surface area contributed by atoms with Crippen LogP contribution in [0.5, 0.6) is 0 Å². The molecular weight excluding hydrogens is 374 g/mol. The molecule has 150 valence electrons. The van der Waals surface area contributed by atoms with Crippen molar-refractivity contribution >= 4 is 23.7 Å². The van der Waals surface area contributed by atoms with E-state index in [1.807, 2.05) is 29.7 Å². The van der Waals surface area contributed by atoms with Crippen molar-refractivity contribution in [3.05, 3.63) is 41.7 Å². The third kappa shape index (κ3) is 5.34. The molecule has 1 aliphatic carbocycles. The number of urea groups is 1. The van der Waals surface area contributed by atoms with Crippen LogP contribution in [0.25, 0.3) is 0 Å². The van der Waals surface area contributed by atoms with E-state index in [-0.39, 0.29) is 11.9 Å². The molecule has 28 heavy (non-hydrogen) atoms. The summed E-state index contributed by atoms with van der Waals surface area (Å²) in [4.78, 5) is 24.4. The molecule has 7 nitrogen and oxygen atoms in total. The molecule has 0 spiro atoms. The lowest BCUT2D eigenvalue weighted by atomic mass is 10.1. The predicted octanol–water partition coefficient (Wildman–Crippen LogP) is 3.14. The molecule has 8 heteroatoms. The van der Waals surface area contributed by atoms with Crippen molar-refractivity contribution in [2.75, 3.05) is 0 Å². The van der Waals surface area contributed by atoms with Crippen LogP contribution in [0.1, 0.15) is 50.9 Å². The Kier molecular flexibility index (Phi) is 7.08. The van der Waals surface area contributed by atoms with E-state index in [9.17, 15) is 9.59 Å². The van der Waals surface area contributed by atoms with Gasteiger partial charge in [0.05, 0.1) is 5.25 Å². The highest BCUT2D eigenvalue weighted by Crippen LogP contribution is 2.23. The predicted molar refractivity (Wildman–Crippen MR) is 109 cm³/mol. The summed E-state index contributed by atoms with van der Waals surface area (Å²) in [5.41, 5.74) is 1.16. The lowest BCUT2D eigenvalue weighted by molar-refractivity contribution is -0.119. The summed E-state index contributed by atoms with van der Waals surface area (Å²) in [5, 5.41) is 14.1. The minimum atomic E-state index is -0.451. The zero-order chi connectivity index (χ0) is 19.9. The van der Waals surface area contributed by atoms with E-state index in [2.05, 4.69) is 33.0 Å². The fourth-order valence-corrected chi connectivity index (χ4v) is 4.28. The Hall–Kier alpha value is -2.35. The van der Waals surface area contributed by atoms with E-state index < -0.39 is 11.3 Å². The number of aromatic nitrogens is 3. The van der Waals surface area contributed by atoms with Gasteiger partial charge in [0, 0.05) is 19.0 Å². The molecule has 1 aromatic carbocycles. The van der Waals surface area contributed by atoms with E-state index in [4.69, 9.17) is 0 Å². The average Bonchev–Trinajstić information content (AvgIpc) is 3.32. The van der Waals surface area contributed by atoms with Crippen molar-refractivity contribution in [1.82, 2.24) is 25.4 Å². The molecule has 1 aromatic heterocycles. The minimum Gasteiger partial charge on any atom is -0.335 e. The van der Waals surface area contributed by atoms with Gasteiger partial charge in [-0.2, -0.15) is 0 Å². The van der Waals surface area contributed by atoms with E-state index in [1.165, 1.54) is 11.8 Å². The van der Waals surface area contributed by atoms with Gasteiger partial charge in [0.1, 0.15) is 5.82 Å². The molecule has 1 heterocycles. The van der Waals surface area contributed by atoms with Crippen molar-refractivity contribution in [3.8, 4) is 0 Å². The highest BCUT2D eigenvalue weighted by molar-refractivity contribution is 8.00. The SMILES string of the molecule is CCn1c(Cc2ccccc2)nnc1S[C@H](C)C(=O)NC(=O)NC1CCCC1. The van der Waals surface area contributed by atoms with Gasteiger partial charge in [0.25, 0.3) is 0 Å². The molecule has 1 saturated carbocycles. The van der Waals surface area contributed by atoms with Crippen molar-refractivity contribution in [2.45, 2.75) is 68.9 Å². The van der Waals surface area contributed by atoms with E-state index in [1.54, 1.807) is 6.92 Å². The standard InChI is InChI=1S/C20H27N5O2S/c1-3-25-17(13-15-9-5-4-6-10-15)23-24-20(25)28-14(2)18(26)22-19(27)21-16-11-7-8-12-16/h4-6,9-10,14,16H,3,7-8,11-13H2,1-2H3,(H2,21,22,26,27)/t14-/m1/s1. The minimum absolute atomic E-state index is 0.180. The highest BCUT2D eigenvalue weighted by atomic mass is 32.2. The Balaban J connectivity index is 1.57. The van der Waals surface area contributed by atoms with E-state index >= 15 is 0 Å². The van der Waals surface area contributed by atoms with Crippen molar-refractivity contribution in [2.24, 2.45) is 0 Å². The van der Waals surface area contributed by atoms with Crippen LogP contribution in [0, 0.1) is 0 Å². The number of rotatable bonds is 7. The Morgan fingerprint density at radius 3 is 2.61 bits per heavy atom. The molecule has 0 saturated heterocycles. The third-order valence-corrected chi connectivity index (χ3v) is 5.97. The number of carbonyl (C=O) groups is 2. The molecule has 3 rings (SSSR count). The summed E-state index contributed by atoms with van der Waals surface area (Å²) >= 11 is 1.32. The molecule has 3 amide bonds. The van der Waals surface area contributed by atoms with Gasteiger partial charge in [-0.1, -0.05) is 54.9 Å². The number of thioether (sulfide) groups is 1. The normalized spacial score (nSPS) is 15.4. The highest BCUT2D eigenvalue weighted by Gasteiger charge is 2.23. The summed E-state index contributed by atoms with van der Waals surface area (Å²) in [7, 11) is 0. The Labute approximate surface area is 169 Å². The van der Waals surface area contributed by atoms with Gasteiger partial charge in [0.15, 0.2) is 5.16 Å². The number of carbonyl (C=O) groups excluding carboxylic acids is 2. The molecule has 1 fully saturated rings. The first-order valence-corrected chi connectivity index (χ1v) is 10.7. The van der Waals surface area contributed by atoms with Gasteiger partial charge >= 0.3 is 6.03 Å². The Bertz CT molecular complexity index is 802. The first-order valence-electron chi connectivity index (χ1n) is 9.80. The number of amides is 3. The van der Waals surface area contributed by atoms with Crippen LogP contribution < -0.4 is 10.6 Å². The summed E-state index contributed by atoms with van der Waals surface area (Å²) < 4.78 is 2.01. The molecule has 0 bridgehead atoms. The average molecular weight is 402 g/mol. The first-order chi connectivity index (χ1) is 13.6. The summed E-state index contributed by atoms with van der Waals surface area (Å²) in [6.45, 7) is 4.52. The quantitative estimate of drug-likeness (QED) is 0.696. The van der Waals surface area contributed by atoms with Crippen molar-refractivity contribution in [3.63, 3.8) is 0 Å². The number of benzene rings is 1.